The molecule has 100 valence electrons. The molecule has 0 saturated heterocycles. The maximum atomic E-state index is 11.4. The summed E-state index contributed by atoms with van der Waals surface area (Å²) in [6.45, 7) is 5.52. The van der Waals surface area contributed by atoms with Crippen LogP contribution in [0.1, 0.15) is 46.5 Å². The van der Waals surface area contributed by atoms with Crippen molar-refractivity contribution in [2.45, 2.75) is 64.2 Å². The third-order valence-corrected chi connectivity index (χ3v) is 2.74. The predicted molar refractivity (Wildman–Crippen MR) is 65.6 cm³/mol. The zero-order valence-electron chi connectivity index (χ0n) is 11.2. The van der Waals surface area contributed by atoms with Crippen LogP contribution in [0.15, 0.2) is 0 Å². The second-order valence-electron chi connectivity index (χ2n) is 5.49. The Morgan fingerprint density at radius 1 is 1.29 bits per heavy atom. The molecule has 0 bridgehead atoms. The van der Waals surface area contributed by atoms with Gasteiger partial charge in [0.15, 0.2) is 0 Å². The minimum atomic E-state index is -0.465. The Hall–Kier alpha value is -0.810. The molecule has 0 unspecified atom stereocenters. The molecule has 0 aliphatic heterocycles. The minimum Gasteiger partial charge on any atom is -0.443 e. The van der Waals surface area contributed by atoms with Crippen molar-refractivity contribution >= 4 is 6.09 Å². The SMILES string of the molecule is CO[C@H]1CCC[C@@H](NNC(=O)OC(C)(C)C)C1. The highest BCUT2D eigenvalue weighted by atomic mass is 16.6. The molecule has 1 aliphatic carbocycles. The van der Waals surface area contributed by atoms with Crippen molar-refractivity contribution in [3.8, 4) is 0 Å². The Morgan fingerprint density at radius 2 is 2.00 bits per heavy atom. The molecule has 1 aliphatic rings. The lowest BCUT2D eigenvalue weighted by Gasteiger charge is -2.29. The van der Waals surface area contributed by atoms with Crippen LogP contribution in [0.3, 0.4) is 0 Å². The maximum Gasteiger partial charge on any atom is 0.422 e. The van der Waals surface area contributed by atoms with Crippen LogP contribution in [0.2, 0.25) is 0 Å². The second kappa shape index (κ2) is 6.21. The fourth-order valence-corrected chi connectivity index (χ4v) is 1.95. The first kappa shape index (κ1) is 14.3. The molecular formula is C12H24N2O3. The molecule has 2 N–H and O–H groups in total. The van der Waals surface area contributed by atoms with Gasteiger partial charge in [-0.25, -0.2) is 10.2 Å². The molecule has 5 heteroatoms. The van der Waals surface area contributed by atoms with E-state index in [1.807, 2.05) is 20.8 Å². The van der Waals surface area contributed by atoms with E-state index >= 15 is 0 Å². The molecule has 1 saturated carbocycles. The number of hydrogen-bond acceptors (Lipinski definition) is 4. The van der Waals surface area contributed by atoms with Crippen molar-refractivity contribution in [1.82, 2.24) is 10.9 Å². The first-order valence-corrected chi connectivity index (χ1v) is 6.18. The van der Waals surface area contributed by atoms with E-state index in [0.29, 0.717) is 6.10 Å². The third kappa shape index (κ3) is 5.89. The molecule has 0 radical (unpaired) electrons. The summed E-state index contributed by atoms with van der Waals surface area (Å²) in [4.78, 5) is 11.4. The molecule has 5 nitrogen and oxygen atoms in total. The smallest absolute Gasteiger partial charge is 0.422 e. The van der Waals surface area contributed by atoms with Crippen molar-refractivity contribution in [3.63, 3.8) is 0 Å². The average Bonchev–Trinajstić information content (AvgIpc) is 2.24. The van der Waals surface area contributed by atoms with E-state index in [4.69, 9.17) is 9.47 Å². The van der Waals surface area contributed by atoms with Crippen molar-refractivity contribution in [3.05, 3.63) is 0 Å². The highest BCUT2D eigenvalue weighted by molar-refractivity contribution is 5.67. The summed E-state index contributed by atoms with van der Waals surface area (Å²) in [7, 11) is 1.73. The van der Waals surface area contributed by atoms with E-state index < -0.39 is 11.7 Å². The normalized spacial score (nSPS) is 25.4. The van der Waals surface area contributed by atoms with Crippen molar-refractivity contribution in [1.29, 1.82) is 0 Å². The molecule has 17 heavy (non-hydrogen) atoms. The van der Waals surface area contributed by atoms with Crippen LogP contribution < -0.4 is 10.9 Å². The molecule has 0 spiro atoms. The van der Waals surface area contributed by atoms with Gasteiger partial charge in [-0.2, -0.15) is 0 Å². The van der Waals surface area contributed by atoms with Crippen LogP contribution in [-0.4, -0.2) is 30.9 Å². The number of ether oxygens (including phenoxy) is 2. The number of amides is 1. The summed E-state index contributed by atoms with van der Waals surface area (Å²) < 4.78 is 10.5. The Morgan fingerprint density at radius 3 is 2.59 bits per heavy atom. The largest absolute Gasteiger partial charge is 0.443 e. The van der Waals surface area contributed by atoms with Crippen LogP contribution in [-0.2, 0) is 9.47 Å². The van der Waals surface area contributed by atoms with Crippen LogP contribution in [0.5, 0.6) is 0 Å². The van der Waals surface area contributed by atoms with Crippen molar-refractivity contribution in [2.24, 2.45) is 0 Å². The third-order valence-electron chi connectivity index (χ3n) is 2.74. The average molecular weight is 244 g/mol. The van der Waals surface area contributed by atoms with Gasteiger partial charge in [0, 0.05) is 13.2 Å². The van der Waals surface area contributed by atoms with Crippen molar-refractivity contribution in [2.75, 3.05) is 7.11 Å². The summed E-state index contributed by atoms with van der Waals surface area (Å²) in [6.07, 6.45) is 4.05. The van der Waals surface area contributed by atoms with Gasteiger partial charge >= 0.3 is 6.09 Å². The number of rotatable bonds is 3. The van der Waals surface area contributed by atoms with E-state index in [1.165, 1.54) is 0 Å². The van der Waals surface area contributed by atoms with E-state index in [0.717, 1.165) is 25.7 Å². The van der Waals surface area contributed by atoms with Crippen LogP contribution in [0, 0.1) is 0 Å². The first-order chi connectivity index (χ1) is 7.90. The number of hydrazine groups is 1. The lowest BCUT2D eigenvalue weighted by molar-refractivity contribution is 0.0397. The summed E-state index contributed by atoms with van der Waals surface area (Å²) in [5.74, 6) is 0. The number of methoxy groups -OCH3 is 1. The predicted octanol–water partition coefficient (Wildman–Crippen LogP) is 1.97. The highest BCUT2D eigenvalue weighted by Gasteiger charge is 2.22. The lowest BCUT2D eigenvalue weighted by atomic mass is 9.93. The summed E-state index contributed by atoms with van der Waals surface area (Å²) in [5, 5.41) is 0. The molecule has 0 aromatic heterocycles. The summed E-state index contributed by atoms with van der Waals surface area (Å²) >= 11 is 0. The van der Waals surface area contributed by atoms with Gasteiger partial charge in [0.1, 0.15) is 5.60 Å². The Kier molecular flexibility index (Phi) is 5.21. The van der Waals surface area contributed by atoms with Crippen LogP contribution >= 0.6 is 0 Å². The summed E-state index contributed by atoms with van der Waals surface area (Å²) in [6, 6.07) is 0.265. The minimum absolute atomic E-state index is 0.265. The first-order valence-electron chi connectivity index (χ1n) is 6.18. The van der Waals surface area contributed by atoms with E-state index in [-0.39, 0.29) is 6.04 Å². The Balaban J connectivity index is 2.23. The molecule has 2 atom stereocenters. The maximum absolute atomic E-state index is 11.4. The fourth-order valence-electron chi connectivity index (χ4n) is 1.95. The molecule has 0 heterocycles. The van der Waals surface area contributed by atoms with Crippen LogP contribution in [0.25, 0.3) is 0 Å². The standard InChI is InChI=1S/C12H24N2O3/c1-12(2,3)17-11(15)14-13-9-6-5-7-10(8-9)16-4/h9-10,13H,5-8H2,1-4H3,(H,14,15)/t9-,10+/m1/s1. The van der Waals surface area contributed by atoms with E-state index in [9.17, 15) is 4.79 Å². The lowest BCUT2D eigenvalue weighted by Crippen LogP contribution is -2.48. The molecule has 0 aromatic carbocycles. The number of carbonyl (C=O) groups excluding carboxylic acids is 1. The topological polar surface area (TPSA) is 59.6 Å². The molecule has 1 fully saturated rings. The van der Waals surface area contributed by atoms with Gasteiger partial charge in [0.2, 0.25) is 0 Å². The van der Waals surface area contributed by atoms with Crippen LogP contribution in [0.4, 0.5) is 4.79 Å². The molecular weight excluding hydrogens is 220 g/mol. The zero-order chi connectivity index (χ0) is 12.9. The highest BCUT2D eigenvalue weighted by Crippen LogP contribution is 2.20. The van der Waals surface area contributed by atoms with Gasteiger partial charge in [0.25, 0.3) is 0 Å². The van der Waals surface area contributed by atoms with Crippen molar-refractivity contribution < 1.29 is 14.3 Å². The summed E-state index contributed by atoms with van der Waals surface area (Å²) in [5.41, 5.74) is 5.13. The molecule has 1 rings (SSSR count). The Bertz CT molecular complexity index is 251. The molecule has 0 aromatic rings. The van der Waals surface area contributed by atoms with Gasteiger partial charge in [-0.15, -0.1) is 0 Å². The van der Waals surface area contributed by atoms with Gasteiger partial charge in [-0.1, -0.05) is 0 Å². The van der Waals surface area contributed by atoms with E-state index in [1.54, 1.807) is 7.11 Å². The molecule has 1 amide bonds. The van der Waals surface area contributed by atoms with Gasteiger partial charge in [0.05, 0.1) is 6.10 Å². The number of nitrogens with one attached hydrogen (secondary N) is 2. The number of carbonyl (C=O) groups is 1. The second-order valence-corrected chi connectivity index (χ2v) is 5.49. The zero-order valence-corrected chi connectivity index (χ0v) is 11.2. The van der Waals surface area contributed by atoms with Gasteiger partial charge in [-0.05, 0) is 46.5 Å². The number of hydrogen-bond donors (Lipinski definition) is 2. The Labute approximate surface area is 103 Å². The van der Waals surface area contributed by atoms with E-state index in [2.05, 4.69) is 10.9 Å². The quantitative estimate of drug-likeness (QED) is 0.745. The fraction of sp³-hybridized carbons (Fsp3) is 0.917. The van der Waals surface area contributed by atoms with Gasteiger partial charge in [-0.3, -0.25) is 5.43 Å². The van der Waals surface area contributed by atoms with Gasteiger partial charge < -0.3 is 9.47 Å². The monoisotopic (exact) mass is 244 g/mol.